The van der Waals surface area contributed by atoms with E-state index in [0.717, 1.165) is 5.56 Å². The molecule has 1 heterocycles. The molecule has 0 saturated carbocycles. The minimum atomic E-state index is -0.877. The van der Waals surface area contributed by atoms with Crippen molar-refractivity contribution in [3.63, 3.8) is 0 Å². The Morgan fingerprint density at radius 3 is 2.31 bits per heavy atom. The number of hydrogen-bond donors (Lipinski definition) is 1. The number of ketones is 1. The zero-order valence-electron chi connectivity index (χ0n) is 18.8. The van der Waals surface area contributed by atoms with Gasteiger partial charge in [-0.15, -0.1) is 0 Å². The lowest BCUT2D eigenvalue weighted by Crippen LogP contribution is -2.32. The third kappa shape index (κ3) is 4.01. The maximum atomic E-state index is 13.1. The van der Waals surface area contributed by atoms with Crippen LogP contribution in [0.15, 0.2) is 42.0 Å². The Bertz CT molecular complexity index is 1060. The first kappa shape index (κ1) is 23.1. The molecule has 0 spiro atoms. The first-order valence-electron chi connectivity index (χ1n) is 10.0. The number of amides is 1. The zero-order valence-corrected chi connectivity index (χ0v) is 18.8. The van der Waals surface area contributed by atoms with Gasteiger partial charge in [0.2, 0.25) is 0 Å². The third-order valence-corrected chi connectivity index (χ3v) is 5.47. The normalized spacial score (nSPS) is 17.5. The van der Waals surface area contributed by atoms with Gasteiger partial charge in [0, 0.05) is 24.8 Å². The van der Waals surface area contributed by atoms with Crippen LogP contribution in [0.25, 0.3) is 5.76 Å². The molecule has 1 aliphatic heterocycles. The van der Waals surface area contributed by atoms with E-state index in [1.165, 1.54) is 26.2 Å². The number of Topliss-reactive ketones (excluding diaryl/α,β-unsaturated/α-hetero) is 1. The van der Waals surface area contributed by atoms with Crippen LogP contribution in [0.3, 0.4) is 0 Å². The van der Waals surface area contributed by atoms with Crippen LogP contribution >= 0.6 is 0 Å². The SMILES string of the molecule is COCCN1C(=O)C(=O)C(=C(O)c2ccc(OC)c(C)c2)C1c1cccc(OC)c1OC. The molecule has 1 amide bonds. The molecule has 32 heavy (non-hydrogen) atoms. The first-order valence-corrected chi connectivity index (χ1v) is 10.0. The summed E-state index contributed by atoms with van der Waals surface area (Å²) in [4.78, 5) is 27.4. The van der Waals surface area contributed by atoms with Crippen LogP contribution < -0.4 is 14.2 Å². The molecule has 1 N–H and O–H groups in total. The summed E-state index contributed by atoms with van der Waals surface area (Å²) in [6.45, 7) is 2.21. The van der Waals surface area contributed by atoms with Gasteiger partial charge in [0.05, 0.1) is 39.6 Å². The average Bonchev–Trinajstić information content (AvgIpc) is 3.06. The topological polar surface area (TPSA) is 94.5 Å². The molecule has 170 valence electrons. The summed E-state index contributed by atoms with van der Waals surface area (Å²) in [6.07, 6.45) is 0. The van der Waals surface area contributed by atoms with E-state index in [1.54, 1.807) is 43.5 Å². The Hall–Kier alpha value is -3.52. The van der Waals surface area contributed by atoms with Crippen molar-refractivity contribution in [2.24, 2.45) is 0 Å². The number of methoxy groups -OCH3 is 4. The van der Waals surface area contributed by atoms with E-state index in [4.69, 9.17) is 18.9 Å². The number of aliphatic hydroxyl groups excluding tert-OH is 1. The van der Waals surface area contributed by atoms with Gasteiger partial charge < -0.3 is 29.0 Å². The number of hydrogen-bond acceptors (Lipinski definition) is 7. The molecule has 8 nitrogen and oxygen atoms in total. The first-order chi connectivity index (χ1) is 15.4. The molecule has 0 bridgehead atoms. The fraction of sp³-hybridized carbons (Fsp3) is 0.333. The summed E-state index contributed by atoms with van der Waals surface area (Å²) in [6, 6.07) is 9.37. The van der Waals surface area contributed by atoms with Gasteiger partial charge in [0.1, 0.15) is 11.5 Å². The standard InChI is InChI=1S/C24H27NO7/c1-14-13-15(9-10-17(14)30-3)21(26)19-20(25(11-12-29-2)24(28)22(19)27)16-7-6-8-18(31-4)23(16)32-5/h6-10,13,20,26H,11-12H2,1-5H3. The van der Waals surface area contributed by atoms with E-state index in [2.05, 4.69) is 0 Å². The highest BCUT2D eigenvalue weighted by Gasteiger charge is 2.47. The predicted octanol–water partition coefficient (Wildman–Crippen LogP) is 3.09. The Balaban J connectivity index is 2.25. The van der Waals surface area contributed by atoms with Crippen molar-refractivity contribution in [1.82, 2.24) is 4.90 Å². The fourth-order valence-electron chi connectivity index (χ4n) is 3.93. The number of ether oxygens (including phenoxy) is 4. The molecule has 0 aromatic heterocycles. The minimum Gasteiger partial charge on any atom is -0.507 e. The van der Waals surface area contributed by atoms with Crippen molar-refractivity contribution < 1.29 is 33.6 Å². The van der Waals surface area contributed by atoms with Crippen LogP contribution in [0.2, 0.25) is 0 Å². The summed E-state index contributed by atoms with van der Waals surface area (Å²) in [5, 5.41) is 11.2. The van der Waals surface area contributed by atoms with Crippen LogP contribution in [0.5, 0.6) is 17.2 Å². The number of carbonyl (C=O) groups is 2. The molecular formula is C24H27NO7. The van der Waals surface area contributed by atoms with Crippen molar-refractivity contribution in [2.45, 2.75) is 13.0 Å². The second-order valence-corrected chi connectivity index (χ2v) is 7.25. The largest absolute Gasteiger partial charge is 0.507 e. The molecule has 0 aliphatic carbocycles. The van der Waals surface area contributed by atoms with E-state index in [9.17, 15) is 14.7 Å². The molecule has 8 heteroatoms. The maximum absolute atomic E-state index is 13.1. The lowest BCUT2D eigenvalue weighted by molar-refractivity contribution is -0.140. The van der Waals surface area contributed by atoms with E-state index in [0.29, 0.717) is 28.4 Å². The van der Waals surface area contributed by atoms with E-state index in [1.807, 2.05) is 6.92 Å². The zero-order chi connectivity index (χ0) is 23.4. The van der Waals surface area contributed by atoms with Gasteiger partial charge in [-0.1, -0.05) is 12.1 Å². The lowest BCUT2D eigenvalue weighted by Gasteiger charge is -2.27. The molecular weight excluding hydrogens is 414 g/mol. The fourth-order valence-corrected chi connectivity index (χ4v) is 3.93. The van der Waals surface area contributed by atoms with Crippen LogP contribution in [0, 0.1) is 6.92 Å². The Morgan fingerprint density at radius 1 is 1.00 bits per heavy atom. The van der Waals surface area contributed by atoms with Crippen molar-refractivity contribution in [1.29, 1.82) is 0 Å². The molecule has 1 fully saturated rings. The van der Waals surface area contributed by atoms with Crippen LogP contribution in [-0.2, 0) is 14.3 Å². The highest BCUT2D eigenvalue weighted by atomic mass is 16.5. The van der Waals surface area contributed by atoms with Gasteiger partial charge in [0.15, 0.2) is 11.5 Å². The van der Waals surface area contributed by atoms with Gasteiger partial charge in [0.25, 0.3) is 11.7 Å². The summed E-state index contributed by atoms with van der Waals surface area (Å²) < 4.78 is 21.4. The molecule has 2 aromatic carbocycles. The quantitative estimate of drug-likeness (QED) is 0.382. The van der Waals surface area contributed by atoms with Gasteiger partial charge in [-0.2, -0.15) is 0 Å². The number of benzene rings is 2. The van der Waals surface area contributed by atoms with E-state index >= 15 is 0 Å². The Morgan fingerprint density at radius 2 is 1.72 bits per heavy atom. The van der Waals surface area contributed by atoms with Crippen LogP contribution in [0.4, 0.5) is 0 Å². The number of likely N-dealkylation sites (tertiary alicyclic amines) is 1. The molecule has 0 radical (unpaired) electrons. The van der Waals surface area contributed by atoms with Crippen molar-refractivity contribution in [2.75, 3.05) is 41.6 Å². The number of nitrogens with zero attached hydrogens (tertiary/aromatic N) is 1. The van der Waals surface area contributed by atoms with Crippen molar-refractivity contribution >= 4 is 17.4 Å². The number of aliphatic hydroxyl groups is 1. The summed E-state index contributed by atoms with van der Waals surface area (Å²) in [5.41, 5.74) is 1.68. The number of carbonyl (C=O) groups excluding carboxylic acids is 2. The highest BCUT2D eigenvalue weighted by Crippen LogP contribution is 2.45. The Labute approximate surface area is 187 Å². The predicted molar refractivity (Wildman–Crippen MR) is 118 cm³/mol. The van der Waals surface area contributed by atoms with E-state index < -0.39 is 17.7 Å². The Kier molecular flexibility index (Phi) is 7.05. The van der Waals surface area contributed by atoms with Gasteiger partial charge in [-0.25, -0.2) is 0 Å². The number of aryl methyl sites for hydroxylation is 1. The van der Waals surface area contributed by atoms with Crippen molar-refractivity contribution in [3.8, 4) is 17.2 Å². The lowest BCUT2D eigenvalue weighted by atomic mass is 9.94. The smallest absolute Gasteiger partial charge is 0.295 e. The summed E-state index contributed by atoms with van der Waals surface area (Å²) >= 11 is 0. The second-order valence-electron chi connectivity index (χ2n) is 7.25. The molecule has 1 aliphatic rings. The summed E-state index contributed by atoms with van der Waals surface area (Å²) in [5.74, 6) is -0.300. The molecule has 1 saturated heterocycles. The van der Waals surface area contributed by atoms with E-state index in [-0.39, 0.29) is 24.5 Å². The minimum absolute atomic E-state index is 0.0257. The average molecular weight is 441 g/mol. The number of rotatable bonds is 8. The number of para-hydroxylation sites is 1. The molecule has 3 rings (SSSR count). The summed E-state index contributed by atoms with van der Waals surface area (Å²) in [7, 11) is 6.05. The van der Waals surface area contributed by atoms with Crippen molar-refractivity contribution in [3.05, 3.63) is 58.7 Å². The molecule has 1 atom stereocenters. The monoisotopic (exact) mass is 441 g/mol. The van der Waals surface area contributed by atoms with Crippen LogP contribution in [-0.4, -0.2) is 63.3 Å². The second kappa shape index (κ2) is 9.74. The third-order valence-electron chi connectivity index (χ3n) is 5.47. The van der Waals surface area contributed by atoms with Gasteiger partial charge in [-0.05, 0) is 36.8 Å². The van der Waals surface area contributed by atoms with Crippen LogP contribution in [0.1, 0.15) is 22.7 Å². The molecule has 1 unspecified atom stereocenters. The van der Waals surface area contributed by atoms with Gasteiger partial charge in [-0.3, -0.25) is 9.59 Å². The van der Waals surface area contributed by atoms with Gasteiger partial charge >= 0.3 is 0 Å². The maximum Gasteiger partial charge on any atom is 0.295 e. The highest BCUT2D eigenvalue weighted by molar-refractivity contribution is 6.46. The molecule has 2 aromatic rings.